The molecule has 4 heterocycles. The maximum absolute atomic E-state index is 3.52. The standard InChI is InChI=1S/C10H20N2.2C9H20N2.C9H19N/c1-9(2)11-5-7-12(8-6-11)10-3-4-10;1-7(2)11-5-8(3)10-9(4)6-11;1-4-10-5-7-11(8-6-10)9(2)3;1-8(2)10-7-5-4-6-9(10)3/h9-10H,3-8H2,1-2H3;7-10H,5-6H2,1-4H3;9H,4-8H2,1-3H3;8-9H,4-7H2,1-3H3. The zero-order valence-electron chi connectivity index (χ0n) is 31.8. The van der Waals surface area contributed by atoms with Crippen molar-refractivity contribution >= 4 is 0 Å². The number of hydrogen-bond donors (Lipinski definition) is 1. The maximum Gasteiger partial charge on any atom is 0.0169 e. The summed E-state index contributed by atoms with van der Waals surface area (Å²) in [5.41, 5.74) is 0. The minimum Gasteiger partial charge on any atom is -0.309 e. The Labute approximate surface area is 276 Å². The third-order valence-corrected chi connectivity index (χ3v) is 10.6. The van der Waals surface area contributed by atoms with Gasteiger partial charge in [0.15, 0.2) is 0 Å². The lowest BCUT2D eigenvalue weighted by Crippen LogP contribution is -2.55. The van der Waals surface area contributed by atoms with Crippen molar-refractivity contribution in [2.45, 2.75) is 164 Å². The van der Waals surface area contributed by atoms with E-state index in [1.54, 1.807) is 0 Å². The molecule has 0 aromatic heterocycles. The minimum absolute atomic E-state index is 0.654. The number of rotatable bonds is 6. The number of nitrogens with one attached hydrogen (secondary N) is 1. The first kappa shape index (κ1) is 39.9. The third kappa shape index (κ3) is 15.1. The normalized spacial score (nSPS) is 28.8. The van der Waals surface area contributed by atoms with E-state index in [2.05, 4.69) is 118 Å². The lowest BCUT2D eigenvalue weighted by Gasteiger charge is -2.38. The molecule has 262 valence electrons. The number of likely N-dealkylation sites (N-methyl/N-ethyl adjacent to an activating group) is 1. The van der Waals surface area contributed by atoms with Crippen LogP contribution in [0, 0.1) is 0 Å². The van der Waals surface area contributed by atoms with Crippen LogP contribution in [0.3, 0.4) is 0 Å². The molecule has 1 N–H and O–H groups in total. The van der Waals surface area contributed by atoms with Crippen LogP contribution in [0.2, 0.25) is 0 Å². The van der Waals surface area contributed by atoms with Crippen molar-refractivity contribution in [1.29, 1.82) is 0 Å². The van der Waals surface area contributed by atoms with Gasteiger partial charge in [0.2, 0.25) is 0 Å². The van der Waals surface area contributed by atoms with Gasteiger partial charge in [-0.15, -0.1) is 0 Å². The molecule has 0 aromatic carbocycles. The first-order chi connectivity index (χ1) is 20.8. The van der Waals surface area contributed by atoms with Gasteiger partial charge < -0.3 is 10.2 Å². The largest absolute Gasteiger partial charge is 0.309 e. The van der Waals surface area contributed by atoms with E-state index in [0.29, 0.717) is 18.1 Å². The zero-order valence-corrected chi connectivity index (χ0v) is 31.8. The Morgan fingerprint density at radius 1 is 0.545 bits per heavy atom. The molecule has 1 aliphatic carbocycles. The van der Waals surface area contributed by atoms with Gasteiger partial charge in [-0.25, -0.2) is 0 Å². The van der Waals surface area contributed by atoms with E-state index in [0.717, 1.165) is 30.2 Å². The van der Waals surface area contributed by atoms with Gasteiger partial charge >= 0.3 is 0 Å². The average molecular weight is 622 g/mol. The Bertz CT molecular complexity index is 689. The van der Waals surface area contributed by atoms with Gasteiger partial charge in [-0.05, 0) is 115 Å². The average Bonchev–Trinajstić information content (AvgIpc) is 3.84. The molecule has 0 spiro atoms. The summed E-state index contributed by atoms with van der Waals surface area (Å²) in [7, 11) is 0. The highest BCUT2D eigenvalue weighted by Gasteiger charge is 2.31. The van der Waals surface area contributed by atoms with Crippen LogP contribution >= 0.6 is 0 Å². The van der Waals surface area contributed by atoms with Crippen LogP contribution in [-0.4, -0.2) is 156 Å². The molecule has 0 bridgehead atoms. The van der Waals surface area contributed by atoms with Crippen molar-refractivity contribution in [2.75, 3.05) is 78.5 Å². The summed E-state index contributed by atoms with van der Waals surface area (Å²) in [5.74, 6) is 0. The van der Waals surface area contributed by atoms with Gasteiger partial charge in [0.25, 0.3) is 0 Å². The fourth-order valence-corrected chi connectivity index (χ4v) is 7.33. The van der Waals surface area contributed by atoms with Crippen LogP contribution in [0.1, 0.15) is 115 Å². The second kappa shape index (κ2) is 20.8. The molecule has 4 saturated heterocycles. The van der Waals surface area contributed by atoms with Crippen LogP contribution < -0.4 is 5.32 Å². The Hall–Kier alpha value is -0.280. The van der Waals surface area contributed by atoms with E-state index in [1.165, 1.54) is 111 Å². The Morgan fingerprint density at radius 3 is 1.39 bits per heavy atom. The van der Waals surface area contributed by atoms with Crippen LogP contribution in [-0.2, 0) is 0 Å². The van der Waals surface area contributed by atoms with Crippen molar-refractivity contribution in [1.82, 2.24) is 34.7 Å². The lowest BCUT2D eigenvalue weighted by molar-refractivity contribution is 0.103. The van der Waals surface area contributed by atoms with Gasteiger partial charge in [0.05, 0.1) is 0 Å². The number of piperidine rings is 1. The lowest BCUT2D eigenvalue weighted by atomic mass is 10.0. The topological polar surface area (TPSA) is 31.5 Å². The summed E-state index contributed by atoms with van der Waals surface area (Å²) in [4.78, 5) is 15.4. The molecule has 4 aliphatic heterocycles. The molecule has 3 unspecified atom stereocenters. The summed E-state index contributed by atoms with van der Waals surface area (Å²) in [6.07, 6.45) is 7.16. The first-order valence-electron chi connectivity index (χ1n) is 19.0. The van der Waals surface area contributed by atoms with E-state index in [1.807, 2.05) is 0 Å². The molecule has 1 saturated carbocycles. The number of hydrogen-bond acceptors (Lipinski definition) is 7. The van der Waals surface area contributed by atoms with Crippen molar-refractivity contribution in [3.63, 3.8) is 0 Å². The minimum atomic E-state index is 0.654. The third-order valence-electron chi connectivity index (χ3n) is 10.6. The molecular formula is C37H79N7. The van der Waals surface area contributed by atoms with Crippen LogP contribution in [0.4, 0.5) is 0 Å². The zero-order chi connectivity index (χ0) is 32.8. The smallest absolute Gasteiger partial charge is 0.0169 e. The van der Waals surface area contributed by atoms with E-state index in [4.69, 9.17) is 0 Å². The molecular weight excluding hydrogens is 542 g/mol. The molecule has 0 amide bonds. The first-order valence-corrected chi connectivity index (χ1v) is 19.0. The van der Waals surface area contributed by atoms with Gasteiger partial charge in [0.1, 0.15) is 0 Å². The summed E-state index contributed by atoms with van der Waals surface area (Å²) in [6.45, 7) is 42.5. The van der Waals surface area contributed by atoms with Crippen molar-refractivity contribution in [3.8, 4) is 0 Å². The van der Waals surface area contributed by atoms with Gasteiger partial charge in [-0.1, -0.05) is 13.3 Å². The van der Waals surface area contributed by atoms with Gasteiger partial charge in [0, 0.05) is 114 Å². The molecule has 5 fully saturated rings. The van der Waals surface area contributed by atoms with Crippen molar-refractivity contribution < 1.29 is 0 Å². The Morgan fingerprint density at radius 2 is 1.02 bits per heavy atom. The number of nitrogens with zero attached hydrogens (tertiary/aromatic N) is 6. The van der Waals surface area contributed by atoms with E-state index >= 15 is 0 Å². The maximum atomic E-state index is 3.52. The monoisotopic (exact) mass is 622 g/mol. The summed E-state index contributed by atoms with van der Waals surface area (Å²) >= 11 is 0. The molecule has 0 aromatic rings. The van der Waals surface area contributed by atoms with Crippen molar-refractivity contribution in [2.24, 2.45) is 0 Å². The summed E-state index contributed by atoms with van der Waals surface area (Å²) < 4.78 is 0. The predicted octanol–water partition coefficient (Wildman–Crippen LogP) is 5.55. The Balaban J connectivity index is 0.000000205. The number of likely N-dealkylation sites (tertiary alicyclic amines) is 1. The van der Waals surface area contributed by atoms with Gasteiger partial charge in [-0.3, -0.25) is 24.5 Å². The number of piperazine rings is 3. The second-order valence-electron chi connectivity index (χ2n) is 15.7. The van der Waals surface area contributed by atoms with Crippen LogP contribution in [0.15, 0.2) is 0 Å². The van der Waals surface area contributed by atoms with E-state index < -0.39 is 0 Å². The van der Waals surface area contributed by atoms with E-state index in [-0.39, 0.29) is 0 Å². The second-order valence-corrected chi connectivity index (χ2v) is 15.7. The SMILES string of the molecule is CC(C)N1CCCCC1C.CC(C)N1CCN(C2CC2)CC1.CC1CN(C(C)C)CC(C)N1.CCN1CCN(C(C)C)CC1. The predicted molar refractivity (Wildman–Crippen MR) is 194 cm³/mol. The Kier molecular flexibility index (Phi) is 18.9. The fourth-order valence-electron chi connectivity index (χ4n) is 7.33. The van der Waals surface area contributed by atoms with Crippen LogP contribution in [0.5, 0.6) is 0 Å². The molecule has 3 atom stereocenters. The van der Waals surface area contributed by atoms with Gasteiger partial charge in [-0.2, -0.15) is 0 Å². The van der Waals surface area contributed by atoms with Crippen molar-refractivity contribution in [3.05, 3.63) is 0 Å². The molecule has 0 radical (unpaired) electrons. The fraction of sp³-hybridized carbons (Fsp3) is 1.00. The summed E-state index contributed by atoms with van der Waals surface area (Å²) in [6, 6.07) is 6.02. The molecule has 5 aliphatic rings. The quantitative estimate of drug-likeness (QED) is 0.416. The highest BCUT2D eigenvalue weighted by atomic mass is 15.3. The summed E-state index contributed by atoms with van der Waals surface area (Å²) in [5, 5.41) is 3.52. The molecule has 7 heteroatoms. The highest BCUT2D eigenvalue weighted by Crippen LogP contribution is 2.27. The molecule has 5 rings (SSSR count). The molecule has 7 nitrogen and oxygen atoms in total. The highest BCUT2D eigenvalue weighted by molar-refractivity contribution is 4.88. The molecule has 44 heavy (non-hydrogen) atoms. The van der Waals surface area contributed by atoms with E-state index in [9.17, 15) is 0 Å². The van der Waals surface area contributed by atoms with Crippen LogP contribution in [0.25, 0.3) is 0 Å².